The summed E-state index contributed by atoms with van der Waals surface area (Å²) in [4.78, 5) is 0. The van der Waals surface area contributed by atoms with E-state index in [9.17, 15) is 5.26 Å². The molecule has 1 aliphatic heterocycles. The van der Waals surface area contributed by atoms with Crippen molar-refractivity contribution in [1.29, 1.82) is 5.26 Å². The minimum absolute atomic E-state index is 0.0911. The molecule has 0 aromatic carbocycles. The lowest BCUT2D eigenvalue weighted by molar-refractivity contribution is -0.276. The molecule has 0 aromatic heterocycles. The summed E-state index contributed by atoms with van der Waals surface area (Å²) in [7, 11) is 0. The number of fused-ring (bicyclic) bond motifs is 4. The SMILES string of the molecule is CCCCOC(C)OC1CC2=C(CC[C@@H]3C2=CC[C@@]2(C)[C@H]3CC[C@@]2(C#N)CC)CC12OCCO2. The van der Waals surface area contributed by atoms with Crippen LogP contribution in [-0.4, -0.2) is 38.0 Å². The molecular formula is C29H43NO4. The highest BCUT2D eigenvalue weighted by molar-refractivity contribution is 5.46. The molecule has 34 heavy (non-hydrogen) atoms. The number of nitrogens with zero attached hydrogens (tertiary/aromatic N) is 1. The molecular weight excluding hydrogens is 426 g/mol. The zero-order valence-electron chi connectivity index (χ0n) is 21.7. The fourth-order valence-corrected chi connectivity index (χ4v) is 8.06. The van der Waals surface area contributed by atoms with E-state index >= 15 is 0 Å². The number of hydrogen-bond acceptors (Lipinski definition) is 5. The van der Waals surface area contributed by atoms with Crippen LogP contribution in [0.3, 0.4) is 0 Å². The number of allylic oxidation sites excluding steroid dienone is 2. The fraction of sp³-hybridized carbons (Fsp3) is 0.828. The smallest absolute Gasteiger partial charge is 0.199 e. The van der Waals surface area contributed by atoms with Crippen LogP contribution in [0.2, 0.25) is 0 Å². The maximum Gasteiger partial charge on any atom is 0.199 e. The predicted octanol–water partition coefficient (Wildman–Crippen LogP) is 6.44. The van der Waals surface area contributed by atoms with E-state index in [1.54, 1.807) is 5.57 Å². The molecule has 0 radical (unpaired) electrons. The van der Waals surface area contributed by atoms with Gasteiger partial charge in [-0.15, -0.1) is 0 Å². The largest absolute Gasteiger partial charge is 0.353 e. The maximum atomic E-state index is 10.2. The normalized spacial score (nSPS) is 39.3. The van der Waals surface area contributed by atoms with Gasteiger partial charge in [-0.25, -0.2) is 0 Å². The number of nitriles is 1. The number of rotatable bonds is 7. The Morgan fingerprint density at radius 3 is 2.74 bits per heavy atom. The van der Waals surface area contributed by atoms with E-state index in [1.165, 1.54) is 24.0 Å². The number of ether oxygens (including phenoxy) is 4. The fourth-order valence-electron chi connectivity index (χ4n) is 8.06. The maximum absolute atomic E-state index is 10.2. The van der Waals surface area contributed by atoms with Crippen LogP contribution in [0.25, 0.3) is 0 Å². The number of unbranched alkanes of at least 4 members (excludes halogenated alkanes) is 1. The molecule has 1 saturated heterocycles. The van der Waals surface area contributed by atoms with Gasteiger partial charge in [0.15, 0.2) is 12.1 Å². The third-order valence-corrected chi connectivity index (χ3v) is 10.1. The van der Waals surface area contributed by atoms with Crippen molar-refractivity contribution in [1.82, 2.24) is 0 Å². The van der Waals surface area contributed by atoms with Crippen molar-refractivity contribution < 1.29 is 18.9 Å². The Balaban J connectivity index is 1.41. The molecule has 1 heterocycles. The molecule has 1 spiro atoms. The molecule has 5 rings (SSSR count). The van der Waals surface area contributed by atoms with Crippen molar-refractivity contribution in [3.8, 4) is 6.07 Å². The van der Waals surface area contributed by atoms with E-state index in [1.807, 2.05) is 6.92 Å². The second kappa shape index (κ2) is 9.36. The first-order valence-electron chi connectivity index (χ1n) is 13.8. The Hall–Kier alpha value is -1.19. The van der Waals surface area contributed by atoms with Crippen LogP contribution < -0.4 is 0 Å². The number of hydrogen-bond donors (Lipinski definition) is 0. The van der Waals surface area contributed by atoms with Crippen molar-refractivity contribution in [3.05, 3.63) is 22.8 Å². The van der Waals surface area contributed by atoms with Crippen LogP contribution in [0, 0.1) is 34.0 Å². The van der Waals surface area contributed by atoms with E-state index in [-0.39, 0.29) is 23.2 Å². The van der Waals surface area contributed by atoms with Gasteiger partial charge in [0, 0.05) is 19.4 Å². The molecule has 6 atom stereocenters. The molecule has 5 heteroatoms. The van der Waals surface area contributed by atoms with Crippen molar-refractivity contribution in [2.75, 3.05) is 19.8 Å². The monoisotopic (exact) mass is 469 g/mol. The van der Waals surface area contributed by atoms with Crippen LogP contribution in [-0.2, 0) is 18.9 Å². The Morgan fingerprint density at radius 2 is 2.03 bits per heavy atom. The lowest BCUT2D eigenvalue weighted by Crippen LogP contribution is -2.51. The molecule has 2 fully saturated rings. The van der Waals surface area contributed by atoms with Gasteiger partial charge < -0.3 is 18.9 Å². The highest BCUT2D eigenvalue weighted by Crippen LogP contribution is 2.67. The van der Waals surface area contributed by atoms with Gasteiger partial charge in [0.25, 0.3) is 0 Å². The van der Waals surface area contributed by atoms with E-state index in [0.717, 1.165) is 58.0 Å². The lowest BCUT2D eigenvalue weighted by atomic mass is 9.53. The first kappa shape index (κ1) is 24.5. The molecule has 0 aromatic rings. The van der Waals surface area contributed by atoms with Gasteiger partial charge >= 0.3 is 0 Å². The van der Waals surface area contributed by atoms with Crippen molar-refractivity contribution in [2.24, 2.45) is 22.7 Å². The average Bonchev–Trinajstić information content (AvgIpc) is 3.42. The lowest BCUT2D eigenvalue weighted by Gasteiger charge is -2.51. The van der Waals surface area contributed by atoms with Crippen molar-refractivity contribution >= 4 is 0 Å². The summed E-state index contributed by atoms with van der Waals surface area (Å²) in [5.74, 6) is 0.507. The van der Waals surface area contributed by atoms with Crippen molar-refractivity contribution in [3.63, 3.8) is 0 Å². The summed E-state index contributed by atoms with van der Waals surface area (Å²) in [6.45, 7) is 10.8. The molecule has 2 unspecified atom stereocenters. The third-order valence-electron chi connectivity index (χ3n) is 10.1. The Kier molecular flexibility index (Phi) is 6.74. The second-order valence-corrected chi connectivity index (χ2v) is 11.5. The summed E-state index contributed by atoms with van der Waals surface area (Å²) < 4.78 is 25.0. The highest BCUT2D eigenvalue weighted by Gasteiger charge is 2.61. The zero-order chi connectivity index (χ0) is 24.0. The molecule has 0 amide bonds. The summed E-state index contributed by atoms with van der Waals surface area (Å²) >= 11 is 0. The molecule has 0 bridgehead atoms. The Morgan fingerprint density at radius 1 is 1.24 bits per heavy atom. The topological polar surface area (TPSA) is 60.7 Å². The molecule has 5 aliphatic rings. The summed E-state index contributed by atoms with van der Waals surface area (Å²) in [5.41, 5.74) is 4.48. The first-order chi connectivity index (χ1) is 16.4. The molecule has 188 valence electrons. The molecule has 5 nitrogen and oxygen atoms in total. The van der Waals surface area contributed by atoms with Crippen LogP contribution >= 0.6 is 0 Å². The van der Waals surface area contributed by atoms with Gasteiger partial charge in [-0.05, 0) is 80.3 Å². The summed E-state index contributed by atoms with van der Waals surface area (Å²) in [6.07, 6.45) is 12.4. The van der Waals surface area contributed by atoms with E-state index < -0.39 is 5.79 Å². The second-order valence-electron chi connectivity index (χ2n) is 11.5. The van der Waals surface area contributed by atoms with E-state index in [0.29, 0.717) is 25.0 Å². The van der Waals surface area contributed by atoms with Crippen LogP contribution in [0.15, 0.2) is 22.8 Å². The minimum atomic E-state index is -0.663. The van der Waals surface area contributed by atoms with E-state index in [2.05, 4.69) is 32.9 Å². The van der Waals surface area contributed by atoms with Gasteiger partial charge in [0.1, 0.15) is 6.10 Å². The van der Waals surface area contributed by atoms with Crippen molar-refractivity contribution in [2.45, 2.75) is 110 Å². The summed E-state index contributed by atoms with van der Waals surface area (Å²) in [6, 6.07) is 2.79. The third kappa shape index (κ3) is 3.72. The molecule has 0 N–H and O–H groups in total. The standard InChI is InChI=1S/C29H43NO4/c1-5-7-14-31-20(3)34-26-17-24-21(18-29(26)32-15-16-33-29)8-9-23-22(24)10-12-27(4)25(23)11-13-28(27,6-2)19-30/h10,20,23,25-26H,5-9,11-18H2,1-4H3/t20?,23-,25+,26?,27+,28-/m1/s1. The quantitative estimate of drug-likeness (QED) is 0.317. The highest BCUT2D eigenvalue weighted by atomic mass is 16.8. The Labute approximate surface area is 205 Å². The van der Waals surface area contributed by atoms with Crippen LogP contribution in [0.4, 0.5) is 0 Å². The molecule has 4 aliphatic carbocycles. The van der Waals surface area contributed by atoms with Crippen LogP contribution in [0.1, 0.15) is 91.9 Å². The van der Waals surface area contributed by atoms with E-state index in [4.69, 9.17) is 18.9 Å². The molecule has 1 saturated carbocycles. The Bertz CT molecular complexity index is 881. The van der Waals surface area contributed by atoms with Gasteiger partial charge in [-0.3, -0.25) is 0 Å². The van der Waals surface area contributed by atoms with Crippen LogP contribution in [0.5, 0.6) is 0 Å². The summed E-state index contributed by atoms with van der Waals surface area (Å²) in [5, 5.41) is 10.2. The van der Waals surface area contributed by atoms with Gasteiger partial charge in [0.05, 0.1) is 24.7 Å². The first-order valence-corrected chi connectivity index (χ1v) is 13.8. The van der Waals surface area contributed by atoms with Gasteiger partial charge in [-0.1, -0.05) is 38.8 Å². The minimum Gasteiger partial charge on any atom is -0.353 e. The van der Waals surface area contributed by atoms with Gasteiger partial charge in [0.2, 0.25) is 0 Å². The predicted molar refractivity (Wildman–Crippen MR) is 131 cm³/mol. The average molecular weight is 470 g/mol. The van der Waals surface area contributed by atoms with Gasteiger partial charge in [-0.2, -0.15) is 5.26 Å². The zero-order valence-corrected chi connectivity index (χ0v) is 21.7.